The molecule has 18 heavy (non-hydrogen) atoms. The average molecular weight is 253 g/mol. The van der Waals surface area contributed by atoms with E-state index in [9.17, 15) is 0 Å². The van der Waals surface area contributed by atoms with Gasteiger partial charge in [-0.2, -0.15) is 5.10 Å². The van der Waals surface area contributed by atoms with Gasteiger partial charge in [0.05, 0.1) is 0 Å². The van der Waals surface area contributed by atoms with Gasteiger partial charge in [0.2, 0.25) is 0 Å². The van der Waals surface area contributed by atoms with Crippen LogP contribution in [0.3, 0.4) is 0 Å². The fourth-order valence-electron chi connectivity index (χ4n) is 1.96. The molecule has 0 fully saturated rings. The highest BCUT2D eigenvalue weighted by molar-refractivity contribution is 5.23. The molecule has 0 saturated heterocycles. The number of hydrogen-bond donors (Lipinski definition) is 0. The molecule has 0 aromatic heterocycles. The van der Waals surface area contributed by atoms with Crippen molar-refractivity contribution >= 4 is 6.72 Å². The minimum atomic E-state index is 0.780. The highest BCUT2D eigenvalue weighted by Gasteiger charge is 2.07. The minimum absolute atomic E-state index is 0.780. The number of rotatable bonds is 10. The molecule has 106 valence electrons. The molecule has 0 aliphatic heterocycles. The molecule has 0 rings (SSSR count). The molecule has 0 aromatic rings. The van der Waals surface area contributed by atoms with Crippen molar-refractivity contribution in [2.24, 2.45) is 11.0 Å². The molecule has 3 heteroatoms. The molecule has 0 spiro atoms. The molecule has 0 saturated carbocycles. The smallest absolute Gasteiger partial charge is 0.0424 e. The quantitative estimate of drug-likeness (QED) is 0.438. The maximum Gasteiger partial charge on any atom is 0.0424 e. The van der Waals surface area contributed by atoms with Crippen molar-refractivity contribution in [3.63, 3.8) is 0 Å². The molecule has 0 aromatic carbocycles. The number of nitrogens with zero attached hydrogens (tertiary/aromatic N) is 3. The second-order valence-electron chi connectivity index (χ2n) is 5.49. The lowest BCUT2D eigenvalue weighted by Crippen LogP contribution is -2.22. The van der Waals surface area contributed by atoms with Crippen LogP contribution < -0.4 is 0 Å². The van der Waals surface area contributed by atoms with Crippen LogP contribution in [-0.4, -0.2) is 43.8 Å². The molecule has 0 N–H and O–H groups in total. The second kappa shape index (κ2) is 10.1. The predicted molar refractivity (Wildman–Crippen MR) is 81.9 cm³/mol. The first kappa shape index (κ1) is 17.2. The Morgan fingerprint density at radius 3 is 2.33 bits per heavy atom. The molecular weight excluding hydrogens is 222 g/mol. The Labute approximate surface area is 114 Å². The highest BCUT2D eigenvalue weighted by Crippen LogP contribution is 2.16. The molecule has 0 heterocycles. The Balaban J connectivity index is 4.10. The van der Waals surface area contributed by atoms with Crippen LogP contribution in [0.4, 0.5) is 0 Å². The van der Waals surface area contributed by atoms with Gasteiger partial charge >= 0.3 is 0 Å². The fourth-order valence-corrected chi connectivity index (χ4v) is 1.96. The van der Waals surface area contributed by atoms with E-state index in [1.807, 2.05) is 0 Å². The number of hydrogen-bond acceptors (Lipinski definition) is 3. The summed E-state index contributed by atoms with van der Waals surface area (Å²) in [5.41, 5.74) is 1.31. The van der Waals surface area contributed by atoms with Crippen LogP contribution in [0.2, 0.25) is 0 Å². The van der Waals surface area contributed by atoms with Crippen molar-refractivity contribution in [2.75, 3.05) is 27.2 Å². The van der Waals surface area contributed by atoms with Gasteiger partial charge in [-0.1, -0.05) is 26.3 Å². The zero-order valence-electron chi connectivity index (χ0n) is 12.9. The zero-order valence-corrected chi connectivity index (χ0v) is 12.9. The van der Waals surface area contributed by atoms with Gasteiger partial charge in [-0.15, -0.1) is 0 Å². The van der Waals surface area contributed by atoms with Crippen LogP contribution in [0.5, 0.6) is 0 Å². The summed E-state index contributed by atoms with van der Waals surface area (Å²) < 4.78 is 0. The van der Waals surface area contributed by atoms with Crippen molar-refractivity contribution in [1.29, 1.82) is 0 Å². The van der Waals surface area contributed by atoms with Gasteiger partial charge in [0.15, 0.2) is 0 Å². The molecule has 0 amide bonds. The number of hydrazone groups is 1. The molecular formula is C15H31N3. The van der Waals surface area contributed by atoms with Gasteiger partial charge < -0.3 is 4.90 Å². The summed E-state index contributed by atoms with van der Waals surface area (Å²) in [7, 11) is 4.20. The maximum atomic E-state index is 4.15. The van der Waals surface area contributed by atoms with Crippen molar-refractivity contribution in [1.82, 2.24) is 9.91 Å². The molecule has 0 bridgehead atoms. The van der Waals surface area contributed by atoms with Gasteiger partial charge in [-0.3, -0.25) is 5.01 Å². The molecule has 3 nitrogen and oxygen atoms in total. The van der Waals surface area contributed by atoms with Crippen LogP contribution in [0.25, 0.3) is 0 Å². The first-order chi connectivity index (χ1) is 8.51. The van der Waals surface area contributed by atoms with Gasteiger partial charge in [-0.05, 0) is 52.7 Å². The van der Waals surface area contributed by atoms with Crippen LogP contribution in [-0.2, 0) is 0 Å². The predicted octanol–water partition coefficient (Wildman–Crippen LogP) is 3.59. The normalized spacial score (nSPS) is 12.3. The first-order valence-corrected chi connectivity index (χ1v) is 7.05. The standard InChI is InChI=1S/C15H31N3/c1-7-15(11-8-10-14(2)3)18(16-4)13-9-12-17(5)6/h7,14H,4,8-13H2,1-3,5-6H3/b15-7-. The third-order valence-electron chi connectivity index (χ3n) is 3.03. The van der Waals surface area contributed by atoms with Crippen molar-refractivity contribution in [3.8, 4) is 0 Å². The lowest BCUT2D eigenvalue weighted by molar-refractivity contribution is 0.309. The number of allylic oxidation sites excluding steroid dienone is 2. The summed E-state index contributed by atoms with van der Waals surface area (Å²) in [6.07, 6.45) is 6.91. The van der Waals surface area contributed by atoms with E-state index in [2.05, 4.69) is 62.7 Å². The van der Waals surface area contributed by atoms with Gasteiger partial charge in [0.1, 0.15) is 0 Å². The average Bonchev–Trinajstić information content (AvgIpc) is 2.30. The highest BCUT2D eigenvalue weighted by atomic mass is 15.4. The second-order valence-corrected chi connectivity index (χ2v) is 5.49. The van der Waals surface area contributed by atoms with E-state index in [0.717, 1.165) is 31.8 Å². The Hall–Kier alpha value is -0.830. The van der Waals surface area contributed by atoms with Crippen LogP contribution in [0, 0.1) is 5.92 Å². The van der Waals surface area contributed by atoms with Gasteiger partial charge in [-0.25, -0.2) is 0 Å². The first-order valence-electron chi connectivity index (χ1n) is 7.05. The largest absolute Gasteiger partial charge is 0.309 e. The molecule has 0 aliphatic rings. The van der Waals surface area contributed by atoms with E-state index >= 15 is 0 Å². The summed E-state index contributed by atoms with van der Waals surface area (Å²) in [6.45, 7) is 12.4. The summed E-state index contributed by atoms with van der Waals surface area (Å²) in [4.78, 5) is 2.20. The van der Waals surface area contributed by atoms with Crippen LogP contribution in [0.15, 0.2) is 16.9 Å². The van der Waals surface area contributed by atoms with E-state index in [1.165, 1.54) is 18.5 Å². The Kier molecular flexibility index (Phi) is 9.66. The van der Waals surface area contributed by atoms with Gasteiger partial charge in [0.25, 0.3) is 0 Å². The maximum absolute atomic E-state index is 4.15. The lowest BCUT2D eigenvalue weighted by Gasteiger charge is -2.23. The third-order valence-corrected chi connectivity index (χ3v) is 3.03. The summed E-state index contributed by atoms with van der Waals surface area (Å²) >= 11 is 0. The van der Waals surface area contributed by atoms with E-state index in [0.29, 0.717) is 0 Å². The van der Waals surface area contributed by atoms with E-state index < -0.39 is 0 Å². The van der Waals surface area contributed by atoms with Crippen LogP contribution >= 0.6 is 0 Å². The fraction of sp³-hybridized carbons (Fsp3) is 0.800. The van der Waals surface area contributed by atoms with E-state index in [4.69, 9.17) is 0 Å². The lowest BCUT2D eigenvalue weighted by atomic mass is 10.1. The summed E-state index contributed by atoms with van der Waals surface area (Å²) in [6, 6.07) is 0. The monoisotopic (exact) mass is 253 g/mol. The molecule has 0 unspecified atom stereocenters. The molecule has 0 radical (unpaired) electrons. The Morgan fingerprint density at radius 1 is 1.22 bits per heavy atom. The Morgan fingerprint density at radius 2 is 1.89 bits per heavy atom. The zero-order chi connectivity index (χ0) is 14.0. The van der Waals surface area contributed by atoms with Crippen LogP contribution in [0.1, 0.15) is 46.5 Å². The molecule has 0 aliphatic carbocycles. The topological polar surface area (TPSA) is 18.8 Å². The van der Waals surface area contributed by atoms with Gasteiger partial charge in [0, 0.05) is 19.0 Å². The van der Waals surface area contributed by atoms with Crippen molar-refractivity contribution < 1.29 is 0 Å². The molecule has 0 atom stereocenters. The van der Waals surface area contributed by atoms with Crippen molar-refractivity contribution in [2.45, 2.75) is 46.5 Å². The summed E-state index contributed by atoms with van der Waals surface area (Å²) in [5, 5.41) is 6.21. The van der Waals surface area contributed by atoms with E-state index in [1.54, 1.807) is 0 Å². The summed E-state index contributed by atoms with van der Waals surface area (Å²) in [5.74, 6) is 0.780. The SMILES string of the molecule is C=NN(CCCN(C)C)/C(=C\C)CCCC(C)C. The minimum Gasteiger partial charge on any atom is -0.309 e. The van der Waals surface area contributed by atoms with E-state index in [-0.39, 0.29) is 0 Å². The van der Waals surface area contributed by atoms with Crippen molar-refractivity contribution in [3.05, 3.63) is 11.8 Å². The Bertz CT molecular complexity index is 244. The third kappa shape index (κ3) is 8.29.